The number of benzene rings is 2. The second kappa shape index (κ2) is 5.25. The van der Waals surface area contributed by atoms with Gasteiger partial charge >= 0.3 is 0 Å². The molecule has 0 N–H and O–H groups in total. The zero-order valence-electron chi connectivity index (χ0n) is 11.4. The highest BCUT2D eigenvalue weighted by atomic mass is 79.9. The Hall–Kier alpha value is -1.87. The Kier molecular flexibility index (Phi) is 3.45. The van der Waals surface area contributed by atoms with E-state index in [1.54, 1.807) is 7.11 Å². The normalized spacial score (nSPS) is 10.8. The summed E-state index contributed by atoms with van der Waals surface area (Å²) >= 11 is 3.49. The number of ether oxygens (including phenoxy) is 1. The Labute approximate surface area is 126 Å². The molecule has 3 aromatic rings. The highest BCUT2D eigenvalue weighted by Gasteiger charge is 2.06. The molecule has 0 aliphatic heterocycles. The van der Waals surface area contributed by atoms with E-state index in [4.69, 9.17) is 9.72 Å². The van der Waals surface area contributed by atoms with Crippen molar-refractivity contribution in [1.29, 1.82) is 0 Å². The van der Waals surface area contributed by atoms with Crippen molar-refractivity contribution in [2.24, 2.45) is 0 Å². The second-order valence-electron chi connectivity index (χ2n) is 4.72. The summed E-state index contributed by atoms with van der Waals surface area (Å²) in [5.74, 6) is 0.858. The maximum absolute atomic E-state index is 5.19. The van der Waals surface area contributed by atoms with E-state index in [2.05, 4.69) is 35.0 Å². The molecule has 1 heterocycles. The zero-order chi connectivity index (χ0) is 14.1. The molecule has 0 atom stereocenters. The molecular formula is C17H14BrNO. The lowest BCUT2D eigenvalue weighted by Gasteiger charge is -2.08. The quantitative estimate of drug-likeness (QED) is 0.662. The van der Waals surface area contributed by atoms with Crippen LogP contribution >= 0.6 is 15.9 Å². The largest absolute Gasteiger partial charge is 0.497 e. The minimum atomic E-state index is 0.858. The van der Waals surface area contributed by atoms with Crippen molar-refractivity contribution in [3.05, 3.63) is 58.6 Å². The molecule has 0 unspecified atom stereocenters. The minimum Gasteiger partial charge on any atom is -0.497 e. The average molecular weight is 328 g/mol. The van der Waals surface area contributed by atoms with E-state index >= 15 is 0 Å². The van der Waals surface area contributed by atoms with Gasteiger partial charge in [0.15, 0.2) is 0 Å². The molecule has 0 saturated heterocycles. The number of aryl methyl sites for hydroxylation is 1. The van der Waals surface area contributed by atoms with Gasteiger partial charge in [0.1, 0.15) is 5.75 Å². The lowest BCUT2D eigenvalue weighted by Crippen LogP contribution is -1.90. The Morgan fingerprint density at radius 1 is 1.00 bits per heavy atom. The van der Waals surface area contributed by atoms with Crippen LogP contribution in [0, 0.1) is 6.92 Å². The van der Waals surface area contributed by atoms with Crippen molar-refractivity contribution in [3.63, 3.8) is 0 Å². The van der Waals surface area contributed by atoms with Crippen molar-refractivity contribution in [2.75, 3.05) is 7.11 Å². The molecule has 0 aliphatic carbocycles. The Balaban J connectivity index is 2.14. The van der Waals surface area contributed by atoms with Crippen LogP contribution in [0.15, 0.2) is 53.0 Å². The first-order valence-electron chi connectivity index (χ1n) is 6.39. The fourth-order valence-corrected chi connectivity index (χ4v) is 2.67. The number of pyridine rings is 1. The third-order valence-electron chi connectivity index (χ3n) is 3.33. The second-order valence-corrected chi connectivity index (χ2v) is 5.64. The maximum atomic E-state index is 5.19. The minimum absolute atomic E-state index is 0.858. The van der Waals surface area contributed by atoms with Gasteiger partial charge in [-0.2, -0.15) is 0 Å². The first kappa shape index (κ1) is 13.1. The standard InChI is InChI=1S/C17H14BrNO/c1-11-9-13-10-14(18)5-8-16(13)19-17(11)12-3-6-15(20-2)7-4-12/h3-10H,1-2H3. The van der Waals surface area contributed by atoms with Crippen LogP contribution < -0.4 is 4.74 Å². The summed E-state index contributed by atoms with van der Waals surface area (Å²) in [5.41, 5.74) is 4.29. The van der Waals surface area contributed by atoms with Gasteiger partial charge in [0.2, 0.25) is 0 Å². The number of halogens is 1. The number of hydrogen-bond donors (Lipinski definition) is 0. The van der Waals surface area contributed by atoms with Gasteiger partial charge in [-0.05, 0) is 61.0 Å². The van der Waals surface area contributed by atoms with Gasteiger partial charge in [-0.25, -0.2) is 4.98 Å². The SMILES string of the molecule is COc1ccc(-c2nc3ccc(Br)cc3cc2C)cc1. The number of hydrogen-bond acceptors (Lipinski definition) is 2. The van der Waals surface area contributed by atoms with Crippen molar-refractivity contribution >= 4 is 26.8 Å². The molecular weight excluding hydrogens is 314 g/mol. The van der Waals surface area contributed by atoms with Crippen molar-refractivity contribution in [3.8, 4) is 17.0 Å². The van der Waals surface area contributed by atoms with Gasteiger partial charge in [0, 0.05) is 15.4 Å². The first-order chi connectivity index (χ1) is 9.67. The lowest BCUT2D eigenvalue weighted by molar-refractivity contribution is 0.415. The summed E-state index contributed by atoms with van der Waals surface area (Å²) in [4.78, 5) is 4.78. The number of aromatic nitrogens is 1. The van der Waals surface area contributed by atoms with E-state index in [0.29, 0.717) is 0 Å². The first-order valence-corrected chi connectivity index (χ1v) is 7.18. The van der Waals surface area contributed by atoms with Crippen LogP contribution in [0.5, 0.6) is 5.75 Å². The monoisotopic (exact) mass is 327 g/mol. The van der Waals surface area contributed by atoms with E-state index in [9.17, 15) is 0 Å². The summed E-state index contributed by atoms with van der Waals surface area (Å²) in [6.45, 7) is 2.09. The third-order valence-corrected chi connectivity index (χ3v) is 3.82. The maximum Gasteiger partial charge on any atom is 0.118 e. The summed E-state index contributed by atoms with van der Waals surface area (Å²) in [6.07, 6.45) is 0. The van der Waals surface area contributed by atoms with Gasteiger partial charge in [-0.1, -0.05) is 15.9 Å². The highest BCUT2D eigenvalue weighted by Crippen LogP contribution is 2.28. The van der Waals surface area contributed by atoms with Crippen LogP contribution in [0.1, 0.15) is 5.56 Å². The van der Waals surface area contributed by atoms with Crippen molar-refractivity contribution in [1.82, 2.24) is 4.98 Å². The number of fused-ring (bicyclic) bond motifs is 1. The summed E-state index contributed by atoms with van der Waals surface area (Å²) in [5, 5.41) is 1.15. The molecule has 100 valence electrons. The number of methoxy groups -OCH3 is 1. The van der Waals surface area contributed by atoms with Crippen LogP contribution in [0.3, 0.4) is 0 Å². The predicted molar refractivity (Wildman–Crippen MR) is 86.2 cm³/mol. The van der Waals surface area contributed by atoms with Gasteiger partial charge in [0.05, 0.1) is 18.3 Å². The Bertz CT molecular complexity index is 766. The van der Waals surface area contributed by atoms with Crippen molar-refractivity contribution < 1.29 is 4.74 Å². The topological polar surface area (TPSA) is 22.1 Å². The third kappa shape index (κ3) is 2.41. The van der Waals surface area contributed by atoms with Crippen LogP contribution in [-0.4, -0.2) is 12.1 Å². The zero-order valence-corrected chi connectivity index (χ0v) is 12.9. The van der Waals surface area contributed by atoms with Gasteiger partial charge in [0.25, 0.3) is 0 Å². The van der Waals surface area contributed by atoms with E-state index in [1.807, 2.05) is 36.4 Å². The fourth-order valence-electron chi connectivity index (χ4n) is 2.29. The summed E-state index contributed by atoms with van der Waals surface area (Å²) < 4.78 is 6.27. The molecule has 0 aliphatic rings. The predicted octanol–water partition coefficient (Wildman–Crippen LogP) is 4.98. The fraction of sp³-hybridized carbons (Fsp3) is 0.118. The van der Waals surface area contributed by atoms with Crippen LogP contribution in [-0.2, 0) is 0 Å². The molecule has 0 fully saturated rings. The van der Waals surface area contributed by atoms with Crippen LogP contribution in [0.25, 0.3) is 22.2 Å². The molecule has 0 bridgehead atoms. The van der Waals surface area contributed by atoms with E-state index in [1.165, 1.54) is 5.56 Å². The van der Waals surface area contributed by atoms with E-state index < -0.39 is 0 Å². The van der Waals surface area contributed by atoms with Gasteiger partial charge in [-0.15, -0.1) is 0 Å². The van der Waals surface area contributed by atoms with Gasteiger partial charge in [-0.3, -0.25) is 0 Å². The molecule has 0 spiro atoms. The molecule has 2 nitrogen and oxygen atoms in total. The smallest absolute Gasteiger partial charge is 0.118 e. The van der Waals surface area contributed by atoms with Crippen molar-refractivity contribution in [2.45, 2.75) is 6.92 Å². The molecule has 0 radical (unpaired) electrons. The number of rotatable bonds is 2. The molecule has 0 saturated carbocycles. The molecule has 2 aromatic carbocycles. The Morgan fingerprint density at radius 3 is 2.45 bits per heavy atom. The van der Waals surface area contributed by atoms with E-state index in [-0.39, 0.29) is 0 Å². The summed E-state index contributed by atoms with van der Waals surface area (Å²) in [6, 6.07) is 16.3. The average Bonchev–Trinajstić information content (AvgIpc) is 2.46. The van der Waals surface area contributed by atoms with E-state index in [0.717, 1.165) is 32.4 Å². The molecule has 0 amide bonds. The molecule has 3 rings (SSSR count). The molecule has 3 heteroatoms. The number of nitrogens with zero attached hydrogens (tertiary/aromatic N) is 1. The van der Waals surface area contributed by atoms with Crippen LogP contribution in [0.4, 0.5) is 0 Å². The molecule has 20 heavy (non-hydrogen) atoms. The Morgan fingerprint density at radius 2 is 1.75 bits per heavy atom. The molecule has 1 aromatic heterocycles. The summed E-state index contributed by atoms with van der Waals surface area (Å²) in [7, 11) is 1.67. The highest BCUT2D eigenvalue weighted by molar-refractivity contribution is 9.10. The van der Waals surface area contributed by atoms with Gasteiger partial charge < -0.3 is 4.74 Å². The lowest BCUT2D eigenvalue weighted by atomic mass is 10.0. The van der Waals surface area contributed by atoms with Crippen LogP contribution in [0.2, 0.25) is 0 Å².